The van der Waals surface area contributed by atoms with Gasteiger partial charge in [0, 0.05) is 45.9 Å². The number of nitrogens with zero attached hydrogens (tertiary/aromatic N) is 5. The summed E-state index contributed by atoms with van der Waals surface area (Å²) < 4.78 is 7.41. The molecule has 1 aromatic carbocycles. The van der Waals surface area contributed by atoms with E-state index in [-0.39, 0.29) is 6.04 Å². The first-order valence-corrected chi connectivity index (χ1v) is 11.4. The zero-order valence-corrected chi connectivity index (χ0v) is 19.5. The van der Waals surface area contributed by atoms with Crippen molar-refractivity contribution in [3.8, 4) is 0 Å². The number of aliphatic imine (C=N–C) groups is 1. The van der Waals surface area contributed by atoms with Gasteiger partial charge < -0.3 is 24.8 Å². The number of aryl methyl sites for hydroxylation is 1. The Balaban J connectivity index is 1.64. The van der Waals surface area contributed by atoms with Crippen LogP contribution in [0.15, 0.2) is 29.3 Å². The quantitative estimate of drug-likeness (QED) is 0.349. The van der Waals surface area contributed by atoms with E-state index in [9.17, 15) is 0 Å². The molecule has 3 rings (SSSR count). The van der Waals surface area contributed by atoms with E-state index in [2.05, 4.69) is 31.8 Å². The van der Waals surface area contributed by atoms with Crippen molar-refractivity contribution < 1.29 is 4.74 Å². The van der Waals surface area contributed by atoms with Gasteiger partial charge in [0.15, 0.2) is 11.8 Å². The number of nitrogens with one attached hydrogen (secondary N) is 2. The van der Waals surface area contributed by atoms with Crippen LogP contribution in [0.1, 0.15) is 37.8 Å². The molecule has 1 unspecified atom stereocenters. The summed E-state index contributed by atoms with van der Waals surface area (Å²) in [6.45, 7) is 8.59. The lowest BCUT2D eigenvalue weighted by molar-refractivity contribution is 0.145. The SMILES string of the molecule is CCOCCCNC(=NCc1nnc(C)n1C)NC1CCCN(c2ccccc2Cl)C1. The highest BCUT2D eigenvalue weighted by molar-refractivity contribution is 6.33. The van der Waals surface area contributed by atoms with Crippen molar-refractivity contribution in [1.82, 2.24) is 25.4 Å². The van der Waals surface area contributed by atoms with Gasteiger partial charge in [-0.05, 0) is 45.2 Å². The van der Waals surface area contributed by atoms with Crippen molar-refractivity contribution in [2.75, 3.05) is 37.7 Å². The number of piperidine rings is 1. The van der Waals surface area contributed by atoms with Gasteiger partial charge in [-0.25, -0.2) is 4.99 Å². The van der Waals surface area contributed by atoms with Crippen LogP contribution in [0, 0.1) is 6.92 Å². The van der Waals surface area contributed by atoms with Crippen LogP contribution in [0.2, 0.25) is 5.02 Å². The summed E-state index contributed by atoms with van der Waals surface area (Å²) in [6.07, 6.45) is 3.11. The van der Waals surface area contributed by atoms with Crippen LogP contribution in [-0.2, 0) is 18.3 Å². The molecule has 8 nitrogen and oxygen atoms in total. The molecule has 170 valence electrons. The van der Waals surface area contributed by atoms with Gasteiger partial charge in [-0.15, -0.1) is 10.2 Å². The number of para-hydroxylation sites is 1. The molecule has 0 aliphatic carbocycles. The largest absolute Gasteiger partial charge is 0.382 e. The monoisotopic (exact) mass is 447 g/mol. The Morgan fingerprint density at radius 1 is 1.32 bits per heavy atom. The summed E-state index contributed by atoms with van der Waals surface area (Å²) in [5.41, 5.74) is 1.09. The highest BCUT2D eigenvalue weighted by atomic mass is 35.5. The highest BCUT2D eigenvalue weighted by Gasteiger charge is 2.22. The molecule has 9 heteroatoms. The number of halogens is 1. The number of benzene rings is 1. The molecule has 1 atom stereocenters. The third-order valence-electron chi connectivity index (χ3n) is 5.48. The minimum atomic E-state index is 0.282. The van der Waals surface area contributed by atoms with Crippen LogP contribution < -0.4 is 15.5 Å². The minimum Gasteiger partial charge on any atom is -0.382 e. The number of anilines is 1. The van der Waals surface area contributed by atoms with Crippen LogP contribution in [0.3, 0.4) is 0 Å². The average molecular weight is 448 g/mol. The van der Waals surface area contributed by atoms with Crippen LogP contribution in [0.25, 0.3) is 0 Å². The molecule has 31 heavy (non-hydrogen) atoms. The molecule has 2 aromatic rings. The van der Waals surface area contributed by atoms with Crippen LogP contribution in [0.4, 0.5) is 5.69 Å². The Morgan fingerprint density at radius 2 is 2.16 bits per heavy atom. The molecule has 1 aromatic heterocycles. The third-order valence-corrected chi connectivity index (χ3v) is 5.80. The summed E-state index contributed by atoms with van der Waals surface area (Å²) in [5, 5.41) is 16.2. The Morgan fingerprint density at radius 3 is 2.90 bits per heavy atom. The van der Waals surface area contributed by atoms with E-state index < -0.39 is 0 Å². The zero-order chi connectivity index (χ0) is 22.1. The maximum Gasteiger partial charge on any atom is 0.191 e. The van der Waals surface area contributed by atoms with Gasteiger partial charge in [-0.3, -0.25) is 0 Å². The van der Waals surface area contributed by atoms with E-state index in [0.717, 1.165) is 80.4 Å². The fourth-order valence-corrected chi connectivity index (χ4v) is 3.89. The van der Waals surface area contributed by atoms with E-state index in [1.807, 2.05) is 43.7 Å². The van der Waals surface area contributed by atoms with E-state index >= 15 is 0 Å². The number of ether oxygens (including phenoxy) is 1. The Bertz CT molecular complexity index is 854. The van der Waals surface area contributed by atoms with E-state index in [1.54, 1.807) is 0 Å². The molecular formula is C22H34ClN7O. The summed E-state index contributed by atoms with van der Waals surface area (Å²) in [7, 11) is 1.96. The molecule has 0 bridgehead atoms. The van der Waals surface area contributed by atoms with Crippen LogP contribution >= 0.6 is 11.6 Å². The van der Waals surface area contributed by atoms with Crippen molar-refractivity contribution >= 4 is 23.2 Å². The smallest absolute Gasteiger partial charge is 0.191 e. The topological polar surface area (TPSA) is 79.6 Å². The van der Waals surface area contributed by atoms with E-state index in [1.165, 1.54) is 0 Å². The van der Waals surface area contributed by atoms with Crippen molar-refractivity contribution in [1.29, 1.82) is 0 Å². The summed E-state index contributed by atoms with van der Waals surface area (Å²) >= 11 is 6.43. The van der Waals surface area contributed by atoms with Crippen LogP contribution in [0.5, 0.6) is 0 Å². The second-order valence-electron chi connectivity index (χ2n) is 7.75. The van der Waals surface area contributed by atoms with E-state index in [0.29, 0.717) is 6.54 Å². The first-order valence-electron chi connectivity index (χ1n) is 11.1. The number of rotatable bonds is 9. The molecular weight excluding hydrogens is 414 g/mol. The predicted octanol–water partition coefficient (Wildman–Crippen LogP) is 2.91. The van der Waals surface area contributed by atoms with Gasteiger partial charge in [-0.1, -0.05) is 23.7 Å². The minimum absolute atomic E-state index is 0.282. The maximum absolute atomic E-state index is 6.43. The standard InChI is InChI=1S/C22H34ClN7O/c1-4-31-14-8-12-24-22(25-15-21-28-27-17(2)29(21)3)26-18-9-7-13-30(16-18)20-11-6-5-10-19(20)23/h5-6,10-11,18H,4,7-9,12-16H2,1-3H3,(H2,24,25,26). The average Bonchev–Trinajstić information content (AvgIpc) is 3.10. The first-order chi connectivity index (χ1) is 15.1. The maximum atomic E-state index is 6.43. The number of hydrogen-bond donors (Lipinski definition) is 2. The summed E-state index contributed by atoms with van der Waals surface area (Å²) in [4.78, 5) is 7.13. The molecule has 0 spiro atoms. The molecule has 1 saturated heterocycles. The lowest BCUT2D eigenvalue weighted by Gasteiger charge is -2.35. The van der Waals surface area contributed by atoms with Crippen molar-refractivity contribution in [3.05, 3.63) is 40.9 Å². The molecule has 0 saturated carbocycles. The molecule has 0 amide bonds. The molecule has 1 aliphatic rings. The fourth-order valence-electron chi connectivity index (χ4n) is 3.63. The molecule has 0 radical (unpaired) electrons. The second-order valence-corrected chi connectivity index (χ2v) is 8.15. The summed E-state index contributed by atoms with van der Waals surface area (Å²) in [5.74, 6) is 2.52. The number of hydrogen-bond acceptors (Lipinski definition) is 5. The van der Waals surface area contributed by atoms with Gasteiger partial charge in [-0.2, -0.15) is 0 Å². The van der Waals surface area contributed by atoms with Crippen LogP contribution in [-0.4, -0.2) is 59.6 Å². The zero-order valence-electron chi connectivity index (χ0n) is 18.8. The Kier molecular flexibility index (Phi) is 8.97. The predicted molar refractivity (Wildman–Crippen MR) is 126 cm³/mol. The third kappa shape index (κ3) is 6.83. The lowest BCUT2D eigenvalue weighted by Crippen LogP contribution is -2.51. The Hall–Kier alpha value is -2.32. The number of guanidine groups is 1. The highest BCUT2D eigenvalue weighted by Crippen LogP contribution is 2.27. The molecule has 2 N–H and O–H groups in total. The van der Waals surface area contributed by atoms with E-state index in [4.69, 9.17) is 21.3 Å². The first kappa shape index (κ1) is 23.3. The summed E-state index contributed by atoms with van der Waals surface area (Å²) in [6, 6.07) is 8.32. The van der Waals surface area contributed by atoms with Gasteiger partial charge in [0.1, 0.15) is 12.4 Å². The van der Waals surface area contributed by atoms with Gasteiger partial charge in [0.25, 0.3) is 0 Å². The van der Waals surface area contributed by atoms with Crippen molar-refractivity contribution in [2.24, 2.45) is 12.0 Å². The fraction of sp³-hybridized carbons (Fsp3) is 0.591. The van der Waals surface area contributed by atoms with Gasteiger partial charge in [0.2, 0.25) is 0 Å². The van der Waals surface area contributed by atoms with Crippen molar-refractivity contribution in [3.63, 3.8) is 0 Å². The number of aromatic nitrogens is 3. The Labute approximate surface area is 190 Å². The molecule has 1 aliphatic heterocycles. The van der Waals surface area contributed by atoms with Gasteiger partial charge >= 0.3 is 0 Å². The normalized spacial score (nSPS) is 17.1. The van der Waals surface area contributed by atoms with Crippen molar-refractivity contribution in [2.45, 2.75) is 45.7 Å². The van der Waals surface area contributed by atoms with Gasteiger partial charge in [0.05, 0.1) is 10.7 Å². The molecule has 1 fully saturated rings. The molecule has 2 heterocycles. The second kappa shape index (κ2) is 11.9. The lowest BCUT2D eigenvalue weighted by atomic mass is 10.0.